The molecule has 0 aliphatic heterocycles. The molecular formula is C20H17N3O4. The lowest BCUT2D eigenvalue weighted by atomic mass is 9.85. The third kappa shape index (κ3) is 3.31. The molecule has 1 aromatic carbocycles. The molecule has 27 heavy (non-hydrogen) atoms. The standard InChI is InChI=1S/C20H17N3O4/c1-26-18-6-3-2-5-13(18)19(25)23-20-21-11-14-15(22-20)9-12(10-16(14)24)17-7-4-8-27-17/h2-8,11-12H,9-10H2,1H3,(H,21,22,23,25)/t12-/m0/s1. The van der Waals surface area contributed by atoms with Crippen LogP contribution in [0, 0.1) is 0 Å². The molecule has 7 nitrogen and oxygen atoms in total. The van der Waals surface area contributed by atoms with Crippen molar-refractivity contribution in [1.29, 1.82) is 0 Å². The van der Waals surface area contributed by atoms with Crippen LogP contribution in [0.15, 0.2) is 53.3 Å². The lowest BCUT2D eigenvalue weighted by Crippen LogP contribution is -2.22. The van der Waals surface area contributed by atoms with Gasteiger partial charge >= 0.3 is 0 Å². The molecule has 2 aromatic heterocycles. The minimum absolute atomic E-state index is 0.0275. The number of hydrogen-bond donors (Lipinski definition) is 1. The van der Waals surface area contributed by atoms with Crippen LogP contribution in [0.1, 0.15) is 44.5 Å². The van der Waals surface area contributed by atoms with Gasteiger partial charge in [0.05, 0.1) is 30.2 Å². The molecule has 3 aromatic rings. The van der Waals surface area contributed by atoms with Gasteiger partial charge in [0.2, 0.25) is 5.95 Å². The van der Waals surface area contributed by atoms with Crippen LogP contribution in [0.25, 0.3) is 0 Å². The Bertz CT molecular complexity index is 998. The number of nitrogens with zero attached hydrogens (tertiary/aromatic N) is 2. The zero-order chi connectivity index (χ0) is 18.8. The van der Waals surface area contributed by atoms with E-state index in [-0.39, 0.29) is 23.6 Å². The Morgan fingerprint density at radius 3 is 2.85 bits per heavy atom. The summed E-state index contributed by atoms with van der Waals surface area (Å²) < 4.78 is 10.6. The number of furan rings is 1. The second kappa shape index (κ2) is 7.03. The van der Waals surface area contributed by atoms with Gasteiger partial charge in [-0.3, -0.25) is 14.9 Å². The fraction of sp³-hybridized carbons (Fsp3) is 0.200. The van der Waals surface area contributed by atoms with E-state index in [4.69, 9.17) is 9.15 Å². The van der Waals surface area contributed by atoms with Crippen molar-refractivity contribution in [3.63, 3.8) is 0 Å². The summed E-state index contributed by atoms with van der Waals surface area (Å²) in [5, 5.41) is 2.67. The molecule has 1 N–H and O–H groups in total. The molecule has 7 heteroatoms. The number of ketones is 1. The van der Waals surface area contributed by atoms with Crippen LogP contribution < -0.4 is 10.1 Å². The maximum Gasteiger partial charge on any atom is 0.261 e. The van der Waals surface area contributed by atoms with E-state index < -0.39 is 0 Å². The van der Waals surface area contributed by atoms with Crippen LogP contribution in [0.4, 0.5) is 5.95 Å². The maximum absolute atomic E-state index is 12.5. The molecule has 1 aliphatic rings. The summed E-state index contributed by atoms with van der Waals surface area (Å²) in [6.45, 7) is 0. The molecule has 0 radical (unpaired) electrons. The smallest absolute Gasteiger partial charge is 0.261 e. The van der Waals surface area contributed by atoms with Gasteiger partial charge in [0.1, 0.15) is 11.5 Å². The van der Waals surface area contributed by atoms with E-state index >= 15 is 0 Å². The van der Waals surface area contributed by atoms with Crippen molar-refractivity contribution in [3.8, 4) is 5.75 Å². The SMILES string of the molecule is COc1ccccc1C(=O)Nc1ncc2c(n1)C[C@H](c1ccco1)CC2=O. The summed E-state index contributed by atoms with van der Waals surface area (Å²) in [6, 6.07) is 10.5. The highest BCUT2D eigenvalue weighted by molar-refractivity contribution is 6.05. The minimum atomic E-state index is -0.378. The topological polar surface area (TPSA) is 94.3 Å². The molecule has 2 heterocycles. The summed E-state index contributed by atoms with van der Waals surface area (Å²) in [4.78, 5) is 33.4. The van der Waals surface area contributed by atoms with Crippen molar-refractivity contribution in [2.75, 3.05) is 12.4 Å². The Morgan fingerprint density at radius 2 is 2.07 bits per heavy atom. The largest absolute Gasteiger partial charge is 0.496 e. The molecule has 0 unspecified atom stereocenters. The van der Waals surface area contributed by atoms with Gasteiger partial charge in [-0.15, -0.1) is 0 Å². The average molecular weight is 363 g/mol. The molecule has 1 aliphatic carbocycles. The molecule has 0 spiro atoms. The lowest BCUT2D eigenvalue weighted by molar-refractivity contribution is 0.0958. The summed E-state index contributed by atoms with van der Waals surface area (Å²) in [7, 11) is 1.50. The summed E-state index contributed by atoms with van der Waals surface area (Å²) in [5.74, 6) is 0.899. The van der Waals surface area contributed by atoms with E-state index in [9.17, 15) is 9.59 Å². The second-order valence-corrected chi connectivity index (χ2v) is 6.25. The van der Waals surface area contributed by atoms with E-state index in [1.807, 2.05) is 6.07 Å². The number of carbonyl (C=O) groups is 2. The van der Waals surface area contributed by atoms with Gasteiger partial charge in [-0.2, -0.15) is 0 Å². The molecule has 0 saturated carbocycles. The quantitative estimate of drug-likeness (QED) is 0.765. The van der Waals surface area contributed by atoms with E-state index in [0.717, 1.165) is 5.76 Å². The van der Waals surface area contributed by atoms with Crippen LogP contribution in [0.2, 0.25) is 0 Å². The van der Waals surface area contributed by atoms with Gasteiger partial charge < -0.3 is 9.15 Å². The number of amides is 1. The van der Waals surface area contributed by atoms with Gasteiger partial charge in [-0.1, -0.05) is 12.1 Å². The second-order valence-electron chi connectivity index (χ2n) is 6.25. The van der Waals surface area contributed by atoms with Gasteiger partial charge in [-0.25, -0.2) is 9.97 Å². The van der Waals surface area contributed by atoms with Gasteiger partial charge in [0, 0.05) is 25.0 Å². The first-order valence-corrected chi connectivity index (χ1v) is 8.52. The number of fused-ring (bicyclic) bond motifs is 1. The molecule has 0 fully saturated rings. The van der Waals surface area contributed by atoms with Gasteiger partial charge in [0.15, 0.2) is 5.78 Å². The highest BCUT2D eigenvalue weighted by atomic mass is 16.5. The number of benzene rings is 1. The third-order valence-corrected chi connectivity index (χ3v) is 4.56. The molecule has 0 bridgehead atoms. The van der Waals surface area contributed by atoms with Crippen molar-refractivity contribution in [2.24, 2.45) is 0 Å². The predicted octanol–water partition coefficient (Wildman–Crippen LogP) is 3.24. The number of para-hydroxylation sites is 1. The number of anilines is 1. The van der Waals surface area contributed by atoms with Crippen LogP contribution >= 0.6 is 0 Å². The first kappa shape index (κ1) is 17.0. The van der Waals surface area contributed by atoms with Gasteiger partial charge in [-0.05, 0) is 24.3 Å². The maximum atomic E-state index is 12.5. The van der Waals surface area contributed by atoms with E-state index in [0.29, 0.717) is 35.4 Å². The number of aromatic nitrogens is 2. The van der Waals surface area contributed by atoms with Crippen LogP contribution in [0.3, 0.4) is 0 Å². The number of Topliss-reactive ketones (excluding diaryl/α,β-unsaturated/α-hetero) is 1. The lowest BCUT2D eigenvalue weighted by Gasteiger charge is -2.21. The summed E-state index contributed by atoms with van der Waals surface area (Å²) >= 11 is 0. The van der Waals surface area contributed by atoms with E-state index in [2.05, 4.69) is 15.3 Å². The fourth-order valence-corrected chi connectivity index (χ4v) is 3.23. The Balaban J connectivity index is 1.58. The first-order valence-electron chi connectivity index (χ1n) is 8.52. The van der Waals surface area contributed by atoms with E-state index in [1.165, 1.54) is 13.3 Å². The van der Waals surface area contributed by atoms with Crippen molar-refractivity contribution in [2.45, 2.75) is 18.8 Å². The fourth-order valence-electron chi connectivity index (χ4n) is 3.23. The minimum Gasteiger partial charge on any atom is -0.496 e. The predicted molar refractivity (Wildman–Crippen MR) is 97.1 cm³/mol. The number of nitrogens with one attached hydrogen (secondary N) is 1. The van der Waals surface area contributed by atoms with Crippen LogP contribution in [-0.4, -0.2) is 28.8 Å². The summed E-state index contributed by atoms with van der Waals surface area (Å²) in [6.07, 6.45) is 3.97. The monoisotopic (exact) mass is 363 g/mol. The molecule has 0 saturated heterocycles. The first-order chi connectivity index (χ1) is 13.2. The normalized spacial score (nSPS) is 15.9. The number of hydrogen-bond acceptors (Lipinski definition) is 6. The number of rotatable bonds is 4. The Morgan fingerprint density at radius 1 is 1.22 bits per heavy atom. The van der Waals surface area contributed by atoms with E-state index in [1.54, 1.807) is 36.6 Å². The van der Waals surface area contributed by atoms with Crippen molar-refractivity contribution in [3.05, 3.63) is 71.4 Å². The van der Waals surface area contributed by atoms with Crippen LogP contribution in [-0.2, 0) is 6.42 Å². The Hall–Kier alpha value is -3.48. The third-order valence-electron chi connectivity index (χ3n) is 4.56. The molecule has 4 rings (SSSR count). The summed E-state index contributed by atoms with van der Waals surface area (Å²) in [5.41, 5.74) is 1.48. The average Bonchev–Trinajstić information content (AvgIpc) is 3.22. The number of carbonyl (C=O) groups excluding carboxylic acids is 2. The Kier molecular flexibility index (Phi) is 4.42. The molecule has 1 atom stereocenters. The highest BCUT2D eigenvalue weighted by Crippen LogP contribution is 2.32. The molecular weight excluding hydrogens is 346 g/mol. The van der Waals surface area contributed by atoms with Crippen molar-refractivity contribution < 1.29 is 18.7 Å². The molecule has 1 amide bonds. The van der Waals surface area contributed by atoms with Crippen molar-refractivity contribution >= 4 is 17.6 Å². The Labute approximate surface area is 155 Å². The zero-order valence-corrected chi connectivity index (χ0v) is 14.6. The number of ether oxygens (including phenoxy) is 1. The van der Waals surface area contributed by atoms with Crippen molar-refractivity contribution in [1.82, 2.24) is 9.97 Å². The number of methoxy groups -OCH3 is 1. The molecule has 136 valence electrons. The zero-order valence-electron chi connectivity index (χ0n) is 14.6. The van der Waals surface area contributed by atoms with Gasteiger partial charge in [0.25, 0.3) is 5.91 Å². The highest BCUT2D eigenvalue weighted by Gasteiger charge is 2.29. The van der Waals surface area contributed by atoms with Crippen LogP contribution in [0.5, 0.6) is 5.75 Å².